The molecule has 0 aliphatic rings. The minimum Gasteiger partial charge on any atom is -0.497 e. The van der Waals surface area contributed by atoms with Crippen LogP contribution in [0.4, 0.5) is 0 Å². The fourth-order valence-corrected chi connectivity index (χ4v) is 5.35. The summed E-state index contributed by atoms with van der Waals surface area (Å²) in [5.74, 6) is 2.91. The smallest absolute Gasteiger partial charge is 0.161 e. The molecule has 0 saturated heterocycles. The third-order valence-electron chi connectivity index (χ3n) is 7.10. The molecule has 0 atom stereocenters. The Morgan fingerprint density at radius 1 is 0.625 bits per heavy atom. The van der Waals surface area contributed by atoms with Gasteiger partial charge in [-0.15, -0.1) is 0 Å². The third-order valence-corrected chi connectivity index (χ3v) is 7.63. The lowest BCUT2D eigenvalue weighted by Gasteiger charge is -2.14. The SMILES string of the molecule is COc1ccc(-c2cc3cc(OC)c(OC)cc3c3c2c(-c2ccc(OC)cc2)nn3-c2ccc(Br)cc2)cc1. The van der Waals surface area contributed by atoms with Gasteiger partial charge in [-0.05, 0) is 95.4 Å². The Morgan fingerprint density at radius 2 is 1.20 bits per heavy atom. The number of fused-ring (bicyclic) bond motifs is 3. The number of rotatable bonds is 7. The van der Waals surface area contributed by atoms with Crippen LogP contribution in [0.15, 0.2) is 95.5 Å². The van der Waals surface area contributed by atoms with E-state index in [1.807, 2.05) is 65.3 Å². The maximum atomic E-state index is 5.72. The zero-order chi connectivity index (χ0) is 27.8. The number of ether oxygens (including phenoxy) is 4. The molecule has 0 aliphatic heterocycles. The summed E-state index contributed by atoms with van der Waals surface area (Å²) in [6.07, 6.45) is 0. The molecule has 6 rings (SSSR count). The summed E-state index contributed by atoms with van der Waals surface area (Å²) in [6.45, 7) is 0. The third kappa shape index (κ3) is 4.42. The summed E-state index contributed by atoms with van der Waals surface area (Å²) in [5, 5.41) is 8.28. The molecule has 6 aromatic rings. The van der Waals surface area contributed by atoms with Crippen LogP contribution >= 0.6 is 15.9 Å². The van der Waals surface area contributed by atoms with Gasteiger partial charge < -0.3 is 18.9 Å². The lowest BCUT2D eigenvalue weighted by molar-refractivity contribution is 0.356. The van der Waals surface area contributed by atoms with Crippen molar-refractivity contribution in [2.75, 3.05) is 28.4 Å². The van der Waals surface area contributed by atoms with Crippen LogP contribution in [-0.4, -0.2) is 38.2 Å². The number of nitrogens with zero attached hydrogens (tertiary/aromatic N) is 2. The molecule has 0 unspecified atom stereocenters. The zero-order valence-electron chi connectivity index (χ0n) is 22.6. The molecule has 40 heavy (non-hydrogen) atoms. The second-order valence-electron chi connectivity index (χ2n) is 9.27. The summed E-state index contributed by atoms with van der Waals surface area (Å²) in [7, 11) is 6.65. The van der Waals surface area contributed by atoms with Gasteiger partial charge >= 0.3 is 0 Å². The lowest BCUT2D eigenvalue weighted by atomic mass is 9.93. The molecule has 7 heteroatoms. The van der Waals surface area contributed by atoms with Gasteiger partial charge in [-0.3, -0.25) is 0 Å². The Kier molecular flexibility index (Phi) is 6.82. The molecule has 0 bridgehead atoms. The van der Waals surface area contributed by atoms with E-state index < -0.39 is 0 Å². The summed E-state index contributed by atoms with van der Waals surface area (Å²) < 4.78 is 25.3. The topological polar surface area (TPSA) is 54.7 Å². The Bertz CT molecular complexity index is 1830. The highest BCUT2D eigenvalue weighted by Crippen LogP contribution is 2.44. The van der Waals surface area contributed by atoms with Crippen molar-refractivity contribution in [3.8, 4) is 51.1 Å². The number of methoxy groups -OCH3 is 4. The van der Waals surface area contributed by atoms with E-state index >= 15 is 0 Å². The molecular weight excluding hydrogens is 568 g/mol. The second-order valence-corrected chi connectivity index (χ2v) is 10.2. The number of benzene rings is 5. The van der Waals surface area contributed by atoms with Crippen LogP contribution < -0.4 is 18.9 Å². The quantitative estimate of drug-likeness (QED) is 0.186. The summed E-state index contributed by atoms with van der Waals surface area (Å²) in [5.41, 5.74) is 5.85. The van der Waals surface area contributed by atoms with E-state index in [4.69, 9.17) is 24.0 Å². The van der Waals surface area contributed by atoms with E-state index in [-0.39, 0.29) is 0 Å². The molecule has 6 nitrogen and oxygen atoms in total. The van der Waals surface area contributed by atoms with Gasteiger partial charge in [0.15, 0.2) is 11.5 Å². The maximum absolute atomic E-state index is 5.72. The van der Waals surface area contributed by atoms with E-state index in [2.05, 4.69) is 46.3 Å². The molecule has 5 aromatic carbocycles. The number of aromatic nitrogens is 2. The monoisotopic (exact) mass is 594 g/mol. The molecule has 0 amide bonds. The minimum absolute atomic E-state index is 0.656. The van der Waals surface area contributed by atoms with Crippen LogP contribution in [0.5, 0.6) is 23.0 Å². The molecule has 0 saturated carbocycles. The first-order valence-corrected chi connectivity index (χ1v) is 13.5. The average Bonchev–Trinajstić information content (AvgIpc) is 3.41. The van der Waals surface area contributed by atoms with Gasteiger partial charge in [0.25, 0.3) is 0 Å². The second kappa shape index (κ2) is 10.6. The number of hydrogen-bond donors (Lipinski definition) is 0. The van der Waals surface area contributed by atoms with Crippen LogP contribution in [-0.2, 0) is 0 Å². The predicted molar refractivity (Wildman–Crippen MR) is 163 cm³/mol. The molecule has 0 aliphatic carbocycles. The van der Waals surface area contributed by atoms with Crippen molar-refractivity contribution in [2.24, 2.45) is 0 Å². The predicted octanol–water partition coefficient (Wildman–Crippen LogP) is 8.31. The van der Waals surface area contributed by atoms with Gasteiger partial charge in [-0.2, -0.15) is 5.10 Å². The van der Waals surface area contributed by atoms with Crippen molar-refractivity contribution < 1.29 is 18.9 Å². The van der Waals surface area contributed by atoms with Crippen LogP contribution in [0.25, 0.3) is 49.7 Å². The molecule has 1 heterocycles. The summed E-state index contributed by atoms with van der Waals surface area (Å²) >= 11 is 3.57. The van der Waals surface area contributed by atoms with Crippen molar-refractivity contribution in [1.29, 1.82) is 0 Å². The van der Waals surface area contributed by atoms with Crippen molar-refractivity contribution in [3.63, 3.8) is 0 Å². The fourth-order valence-electron chi connectivity index (χ4n) is 5.09. The highest BCUT2D eigenvalue weighted by molar-refractivity contribution is 9.10. The van der Waals surface area contributed by atoms with Crippen molar-refractivity contribution in [2.45, 2.75) is 0 Å². The first-order chi connectivity index (χ1) is 19.5. The Morgan fingerprint density at radius 3 is 1.77 bits per heavy atom. The van der Waals surface area contributed by atoms with Gasteiger partial charge in [0.2, 0.25) is 0 Å². The minimum atomic E-state index is 0.656. The molecule has 0 fully saturated rings. The number of halogens is 1. The van der Waals surface area contributed by atoms with Crippen molar-refractivity contribution in [1.82, 2.24) is 9.78 Å². The van der Waals surface area contributed by atoms with E-state index in [1.165, 1.54) is 0 Å². The highest BCUT2D eigenvalue weighted by atomic mass is 79.9. The normalized spacial score (nSPS) is 11.1. The summed E-state index contributed by atoms with van der Waals surface area (Å²) in [6, 6.07) is 30.5. The maximum Gasteiger partial charge on any atom is 0.161 e. The van der Waals surface area contributed by atoms with E-state index in [1.54, 1.807) is 28.4 Å². The largest absolute Gasteiger partial charge is 0.497 e. The summed E-state index contributed by atoms with van der Waals surface area (Å²) in [4.78, 5) is 0. The Labute approximate surface area is 240 Å². The lowest BCUT2D eigenvalue weighted by Crippen LogP contribution is -1.98. The Balaban J connectivity index is 1.78. The van der Waals surface area contributed by atoms with Gasteiger partial charge in [-0.25, -0.2) is 4.68 Å². The molecule has 1 aromatic heterocycles. The van der Waals surface area contributed by atoms with Crippen LogP contribution in [0, 0.1) is 0 Å². The highest BCUT2D eigenvalue weighted by Gasteiger charge is 2.22. The first-order valence-electron chi connectivity index (χ1n) is 12.7. The number of hydrogen-bond acceptors (Lipinski definition) is 5. The molecule has 0 spiro atoms. The average molecular weight is 595 g/mol. The van der Waals surface area contributed by atoms with Gasteiger partial charge in [0, 0.05) is 20.8 Å². The van der Waals surface area contributed by atoms with Crippen molar-refractivity contribution in [3.05, 3.63) is 95.5 Å². The van der Waals surface area contributed by atoms with Crippen LogP contribution in [0.3, 0.4) is 0 Å². The zero-order valence-corrected chi connectivity index (χ0v) is 24.2. The van der Waals surface area contributed by atoms with Gasteiger partial charge in [0.1, 0.15) is 17.2 Å². The fraction of sp³-hybridized carbons (Fsp3) is 0.121. The molecule has 200 valence electrons. The van der Waals surface area contributed by atoms with Crippen LogP contribution in [0.2, 0.25) is 0 Å². The van der Waals surface area contributed by atoms with E-state index in [0.717, 1.165) is 65.7 Å². The van der Waals surface area contributed by atoms with E-state index in [0.29, 0.717) is 11.5 Å². The van der Waals surface area contributed by atoms with E-state index in [9.17, 15) is 0 Å². The first kappa shape index (κ1) is 25.8. The van der Waals surface area contributed by atoms with Crippen molar-refractivity contribution >= 4 is 37.6 Å². The van der Waals surface area contributed by atoms with Gasteiger partial charge in [0.05, 0.1) is 39.6 Å². The standard InChI is InChI=1S/C33H27BrN2O4/c1-37-25-13-5-20(6-14-25)27-17-22-18-29(39-3)30(40-4)19-28(22)33-31(27)32(21-7-15-26(38-2)16-8-21)35-36(33)24-11-9-23(34)10-12-24/h5-19H,1-4H3. The molecule has 0 N–H and O–H groups in total. The van der Waals surface area contributed by atoms with Gasteiger partial charge in [-0.1, -0.05) is 28.1 Å². The molecule has 0 radical (unpaired) electrons. The Hall–Kier alpha value is -4.49. The molecular formula is C33H27BrN2O4. The van der Waals surface area contributed by atoms with Crippen LogP contribution in [0.1, 0.15) is 0 Å².